The molecule has 0 saturated carbocycles. The van der Waals surface area contributed by atoms with E-state index in [4.69, 9.17) is 4.42 Å². The van der Waals surface area contributed by atoms with Crippen molar-refractivity contribution in [3.8, 4) is 0 Å². The zero-order valence-corrected chi connectivity index (χ0v) is 17.2. The van der Waals surface area contributed by atoms with Crippen LogP contribution in [0.1, 0.15) is 40.9 Å². The number of fused-ring (bicyclic) bond motifs is 1. The molecule has 0 unspecified atom stereocenters. The van der Waals surface area contributed by atoms with Crippen molar-refractivity contribution in [2.24, 2.45) is 0 Å². The number of carbonyl (C=O) groups excluding carboxylic acids is 2. The number of hydrogen-bond acceptors (Lipinski definition) is 5. The summed E-state index contributed by atoms with van der Waals surface area (Å²) in [6, 6.07) is 3.88. The average molecular weight is 435 g/mol. The Kier molecular flexibility index (Phi) is 5.37. The number of hydrogen-bond donors (Lipinski definition) is 2. The highest BCUT2D eigenvalue weighted by molar-refractivity contribution is 7.89. The van der Waals surface area contributed by atoms with Gasteiger partial charge in [0.1, 0.15) is 10.7 Å². The van der Waals surface area contributed by atoms with E-state index in [-0.39, 0.29) is 48.0 Å². The van der Waals surface area contributed by atoms with Crippen molar-refractivity contribution in [2.75, 3.05) is 18.4 Å². The molecule has 2 N–H and O–H groups in total. The minimum atomic E-state index is -4.03. The Bertz CT molecular complexity index is 1100. The number of aryl methyl sites for hydroxylation is 2. The lowest BCUT2D eigenvalue weighted by molar-refractivity contribution is -0.116. The predicted molar refractivity (Wildman–Crippen MR) is 106 cm³/mol. The molecule has 3 heterocycles. The van der Waals surface area contributed by atoms with Crippen LogP contribution in [-0.2, 0) is 21.2 Å². The van der Waals surface area contributed by atoms with Gasteiger partial charge < -0.3 is 15.1 Å². The van der Waals surface area contributed by atoms with Crippen LogP contribution in [0.2, 0.25) is 0 Å². The van der Waals surface area contributed by atoms with Crippen LogP contribution in [0.25, 0.3) is 0 Å². The molecular weight excluding hydrogens is 413 g/mol. The van der Waals surface area contributed by atoms with E-state index >= 15 is 0 Å². The minimum absolute atomic E-state index is 0.164. The molecule has 2 aliphatic heterocycles. The monoisotopic (exact) mass is 435 g/mol. The smallest absolute Gasteiger partial charge is 0.287 e. The molecule has 0 aliphatic carbocycles. The fraction of sp³-hybridized carbons (Fsp3) is 0.400. The van der Waals surface area contributed by atoms with Gasteiger partial charge in [-0.15, -0.1) is 0 Å². The van der Waals surface area contributed by atoms with Crippen molar-refractivity contribution >= 4 is 27.5 Å². The maximum atomic E-state index is 14.6. The van der Waals surface area contributed by atoms with Gasteiger partial charge in [-0.1, -0.05) is 0 Å². The molecule has 160 valence electrons. The van der Waals surface area contributed by atoms with Crippen LogP contribution in [0.15, 0.2) is 33.8 Å². The molecule has 2 aliphatic rings. The van der Waals surface area contributed by atoms with Gasteiger partial charge in [0.15, 0.2) is 5.76 Å². The van der Waals surface area contributed by atoms with Crippen molar-refractivity contribution in [3.63, 3.8) is 0 Å². The van der Waals surface area contributed by atoms with Gasteiger partial charge in [0.25, 0.3) is 5.91 Å². The van der Waals surface area contributed by atoms with Crippen molar-refractivity contribution in [1.82, 2.24) is 9.62 Å². The Morgan fingerprint density at radius 2 is 2.00 bits per heavy atom. The second-order valence-corrected chi connectivity index (χ2v) is 9.48. The molecule has 0 bridgehead atoms. The molecule has 1 fully saturated rings. The summed E-state index contributed by atoms with van der Waals surface area (Å²) in [6.07, 6.45) is 2.86. The first-order valence-electron chi connectivity index (χ1n) is 9.73. The third-order valence-corrected chi connectivity index (χ3v) is 7.44. The maximum Gasteiger partial charge on any atom is 0.287 e. The van der Waals surface area contributed by atoms with E-state index in [0.29, 0.717) is 30.5 Å². The summed E-state index contributed by atoms with van der Waals surface area (Å²) in [5, 5.41) is 5.42. The van der Waals surface area contributed by atoms with E-state index in [2.05, 4.69) is 10.6 Å². The molecule has 1 aromatic carbocycles. The van der Waals surface area contributed by atoms with Gasteiger partial charge in [0, 0.05) is 36.8 Å². The van der Waals surface area contributed by atoms with Crippen molar-refractivity contribution in [1.29, 1.82) is 0 Å². The molecule has 8 nitrogen and oxygen atoms in total. The molecule has 4 rings (SSSR count). The predicted octanol–water partition coefficient (Wildman–Crippen LogP) is 2.19. The molecule has 10 heteroatoms. The van der Waals surface area contributed by atoms with E-state index in [1.807, 2.05) is 0 Å². The molecular formula is C20H22FN3O5S. The number of anilines is 1. The van der Waals surface area contributed by atoms with Gasteiger partial charge in [-0.25, -0.2) is 12.8 Å². The number of rotatable bonds is 4. The number of sulfonamides is 1. The largest absolute Gasteiger partial charge is 0.459 e. The molecule has 0 spiro atoms. The van der Waals surface area contributed by atoms with Crippen LogP contribution < -0.4 is 10.6 Å². The molecule has 2 amide bonds. The number of benzene rings is 1. The summed E-state index contributed by atoms with van der Waals surface area (Å²) in [5.41, 5.74) is 1.65. The first-order valence-corrected chi connectivity index (χ1v) is 11.2. The molecule has 0 radical (unpaired) electrons. The average Bonchev–Trinajstić information content (AvgIpc) is 3.13. The molecule has 0 atom stereocenters. The van der Waals surface area contributed by atoms with E-state index in [1.54, 1.807) is 13.0 Å². The second kappa shape index (κ2) is 7.84. The van der Waals surface area contributed by atoms with Crippen molar-refractivity contribution in [3.05, 3.63) is 47.2 Å². The summed E-state index contributed by atoms with van der Waals surface area (Å²) in [4.78, 5) is 23.4. The molecule has 1 aromatic heterocycles. The lowest BCUT2D eigenvalue weighted by Crippen LogP contribution is -2.46. The van der Waals surface area contributed by atoms with Crippen molar-refractivity contribution < 1.29 is 26.8 Å². The molecule has 2 aromatic rings. The van der Waals surface area contributed by atoms with Gasteiger partial charge >= 0.3 is 0 Å². The van der Waals surface area contributed by atoms with Crippen LogP contribution in [-0.4, -0.2) is 43.7 Å². The fourth-order valence-electron chi connectivity index (χ4n) is 3.81. The number of carbonyl (C=O) groups is 2. The van der Waals surface area contributed by atoms with E-state index in [1.165, 1.54) is 16.6 Å². The first-order chi connectivity index (χ1) is 14.3. The molecule has 30 heavy (non-hydrogen) atoms. The summed E-state index contributed by atoms with van der Waals surface area (Å²) in [7, 11) is -4.03. The van der Waals surface area contributed by atoms with E-state index in [9.17, 15) is 22.4 Å². The number of amides is 2. The topological polar surface area (TPSA) is 109 Å². The summed E-state index contributed by atoms with van der Waals surface area (Å²) in [6.45, 7) is 2.10. The Morgan fingerprint density at radius 1 is 1.27 bits per heavy atom. The minimum Gasteiger partial charge on any atom is -0.459 e. The normalized spacial score (nSPS) is 18.0. The highest BCUT2D eigenvalue weighted by Crippen LogP contribution is 2.30. The Hall–Kier alpha value is -2.72. The van der Waals surface area contributed by atoms with E-state index < -0.39 is 15.8 Å². The highest BCUT2D eigenvalue weighted by atomic mass is 32.2. The number of nitrogens with one attached hydrogen (secondary N) is 2. The standard InChI is InChI=1S/C20H22FN3O5S/c1-12-6-9-29-19(12)20(26)22-14-4-7-24(8-5-14)30(27,28)17-10-13-2-3-18(25)23-16(13)11-15(17)21/h6,9-11,14H,2-5,7-8H2,1H3,(H,22,26)(H,23,25). The van der Waals surface area contributed by atoms with Gasteiger partial charge in [-0.05, 0) is 49.9 Å². The summed E-state index contributed by atoms with van der Waals surface area (Å²) in [5.74, 6) is -1.19. The quantitative estimate of drug-likeness (QED) is 0.765. The van der Waals surface area contributed by atoms with Crippen molar-refractivity contribution in [2.45, 2.75) is 43.5 Å². The summed E-state index contributed by atoms with van der Waals surface area (Å²) >= 11 is 0. The van der Waals surface area contributed by atoms with E-state index in [0.717, 1.165) is 11.6 Å². The van der Waals surface area contributed by atoms with Crippen LogP contribution in [0, 0.1) is 12.7 Å². The number of piperidine rings is 1. The Labute approximate surface area is 173 Å². The third kappa shape index (κ3) is 3.84. The van der Waals surface area contributed by atoms with Crippen LogP contribution in [0.5, 0.6) is 0 Å². The fourth-order valence-corrected chi connectivity index (χ4v) is 5.38. The lowest BCUT2D eigenvalue weighted by Gasteiger charge is -2.31. The second-order valence-electron chi connectivity index (χ2n) is 7.57. The third-order valence-electron chi connectivity index (χ3n) is 5.53. The number of halogens is 1. The first kappa shape index (κ1) is 20.5. The van der Waals surface area contributed by atoms with Gasteiger partial charge in [0.2, 0.25) is 15.9 Å². The Morgan fingerprint density at radius 3 is 2.67 bits per heavy atom. The number of furan rings is 1. The maximum absolute atomic E-state index is 14.6. The van der Waals surface area contributed by atoms with Gasteiger partial charge in [-0.2, -0.15) is 4.31 Å². The van der Waals surface area contributed by atoms with Crippen LogP contribution in [0.3, 0.4) is 0 Å². The van der Waals surface area contributed by atoms with Gasteiger partial charge in [0.05, 0.1) is 6.26 Å². The highest BCUT2D eigenvalue weighted by Gasteiger charge is 2.33. The Balaban J connectivity index is 1.45. The summed E-state index contributed by atoms with van der Waals surface area (Å²) < 4.78 is 47.0. The lowest BCUT2D eigenvalue weighted by atomic mass is 10.0. The zero-order chi connectivity index (χ0) is 21.5. The van der Waals surface area contributed by atoms with Crippen LogP contribution >= 0.6 is 0 Å². The molecule has 1 saturated heterocycles. The number of nitrogens with zero attached hydrogens (tertiary/aromatic N) is 1. The van der Waals surface area contributed by atoms with Crippen LogP contribution in [0.4, 0.5) is 10.1 Å². The zero-order valence-electron chi connectivity index (χ0n) is 16.4. The SMILES string of the molecule is Cc1ccoc1C(=O)NC1CCN(S(=O)(=O)c2cc3c(cc2F)NC(=O)CC3)CC1. The van der Waals surface area contributed by atoms with Gasteiger partial charge in [-0.3, -0.25) is 9.59 Å².